The molecule has 0 aliphatic carbocycles. The molecule has 2 aliphatic rings. The van der Waals surface area contributed by atoms with E-state index in [2.05, 4.69) is 34.5 Å². The van der Waals surface area contributed by atoms with Gasteiger partial charge in [0, 0.05) is 11.1 Å². The molecule has 2 atom stereocenters. The molecule has 4 heterocycles. The molecular weight excluding hydrogens is 619 g/mol. The third-order valence-electron chi connectivity index (χ3n) is 6.68. The van der Waals surface area contributed by atoms with Crippen LogP contribution in [0.1, 0.15) is 30.1 Å². The molecule has 43 heavy (non-hydrogen) atoms. The summed E-state index contributed by atoms with van der Waals surface area (Å²) in [6, 6.07) is -1.05. The van der Waals surface area contributed by atoms with Crippen molar-refractivity contribution < 1.29 is 38.7 Å². The first-order chi connectivity index (χ1) is 20.1. The molecule has 17 heteroatoms. The first-order valence-corrected chi connectivity index (χ1v) is 15.7. The van der Waals surface area contributed by atoms with Crippen molar-refractivity contribution >= 4 is 69.0 Å². The number of carbonyl (C=O) groups is 4. The van der Waals surface area contributed by atoms with Crippen molar-refractivity contribution in [2.45, 2.75) is 44.3 Å². The maximum absolute atomic E-state index is 13.2. The van der Waals surface area contributed by atoms with Crippen LogP contribution in [0.15, 0.2) is 39.5 Å². The van der Waals surface area contributed by atoms with Crippen LogP contribution in [0.2, 0.25) is 0 Å². The topological polar surface area (TPSA) is 197 Å². The number of carboxylic acids is 2. The predicted molar refractivity (Wildman–Crippen MR) is 162 cm³/mol. The van der Waals surface area contributed by atoms with E-state index in [-0.39, 0.29) is 22.2 Å². The molecule has 4 rings (SSSR count). The number of aromatic nitrogens is 2. The van der Waals surface area contributed by atoms with Crippen molar-refractivity contribution in [3.8, 4) is 0 Å². The number of quaternary nitrogens is 1. The number of nitrogen functional groups attached to an aromatic ring is 1. The average molecular weight is 651 g/mol. The van der Waals surface area contributed by atoms with Gasteiger partial charge >= 0.3 is 11.9 Å². The van der Waals surface area contributed by atoms with Gasteiger partial charge in [0.1, 0.15) is 29.4 Å². The summed E-state index contributed by atoms with van der Waals surface area (Å²) in [5.41, 5.74) is 6.77. The van der Waals surface area contributed by atoms with E-state index in [4.69, 9.17) is 10.6 Å². The van der Waals surface area contributed by atoms with E-state index in [1.54, 1.807) is 17.4 Å². The SMILES string of the molecule is Cc1ncsc1C[N+](C)(C)C/C=C/C1=C(C(=O)O)N2C(=O)[C@@H](NC(=O)/C(=N/OC(C)(C)C(=O)O)c3csc(N)n3)[C@H]2SC1. The van der Waals surface area contributed by atoms with Gasteiger partial charge < -0.3 is 30.6 Å². The van der Waals surface area contributed by atoms with Crippen molar-refractivity contribution in [3.63, 3.8) is 0 Å². The molecule has 5 N–H and O–H groups in total. The number of aliphatic carboxylic acids is 2. The first kappa shape index (κ1) is 32.1. The number of oxime groups is 1. The van der Waals surface area contributed by atoms with Gasteiger partial charge in [0.25, 0.3) is 11.8 Å². The van der Waals surface area contributed by atoms with Crippen molar-refractivity contribution in [2.24, 2.45) is 5.16 Å². The number of carbonyl (C=O) groups excluding carboxylic acids is 2. The Kier molecular flexibility index (Phi) is 9.29. The van der Waals surface area contributed by atoms with Crippen molar-refractivity contribution in [1.82, 2.24) is 20.2 Å². The Hall–Kier alpha value is -3.80. The van der Waals surface area contributed by atoms with Gasteiger partial charge in [-0.2, -0.15) is 0 Å². The Morgan fingerprint density at radius 1 is 1.30 bits per heavy atom. The van der Waals surface area contributed by atoms with E-state index in [0.717, 1.165) is 23.6 Å². The van der Waals surface area contributed by atoms with Crippen LogP contribution in [0.5, 0.6) is 0 Å². The molecule has 0 saturated carbocycles. The van der Waals surface area contributed by atoms with Gasteiger partial charge in [-0.1, -0.05) is 11.2 Å². The maximum Gasteiger partial charge on any atom is 0.352 e. The average Bonchev–Trinajstić information content (AvgIpc) is 3.53. The van der Waals surface area contributed by atoms with E-state index in [1.165, 1.54) is 40.8 Å². The number of rotatable bonds is 12. The lowest BCUT2D eigenvalue weighted by Crippen LogP contribution is -2.71. The zero-order valence-corrected chi connectivity index (χ0v) is 26.5. The minimum atomic E-state index is -1.76. The molecular formula is C26H32N7O7S3+. The van der Waals surface area contributed by atoms with Crippen LogP contribution >= 0.6 is 34.4 Å². The highest BCUT2D eigenvalue weighted by atomic mass is 32.2. The normalized spacial score (nSPS) is 19.3. The molecule has 0 radical (unpaired) electrons. The van der Waals surface area contributed by atoms with Gasteiger partial charge in [-0.05, 0) is 32.4 Å². The fourth-order valence-electron chi connectivity index (χ4n) is 4.19. The van der Waals surface area contributed by atoms with Gasteiger partial charge in [-0.25, -0.2) is 19.6 Å². The Bertz CT molecular complexity index is 1540. The van der Waals surface area contributed by atoms with E-state index >= 15 is 0 Å². The summed E-state index contributed by atoms with van der Waals surface area (Å²) in [5.74, 6) is -3.71. The zero-order valence-electron chi connectivity index (χ0n) is 24.1. The number of aryl methyl sites for hydroxylation is 1. The highest BCUT2D eigenvalue weighted by Gasteiger charge is 2.54. The number of hydrogen-bond donors (Lipinski definition) is 4. The number of nitrogens with one attached hydrogen (secondary N) is 1. The minimum Gasteiger partial charge on any atom is -0.478 e. The summed E-state index contributed by atoms with van der Waals surface area (Å²) in [6.45, 7) is 5.87. The molecule has 2 aromatic rings. The molecule has 2 aliphatic heterocycles. The Balaban J connectivity index is 1.49. The highest BCUT2D eigenvalue weighted by molar-refractivity contribution is 8.00. The second kappa shape index (κ2) is 12.4. The summed E-state index contributed by atoms with van der Waals surface area (Å²) in [5, 5.41) is 26.6. The molecule has 230 valence electrons. The molecule has 2 aromatic heterocycles. The fraction of sp³-hybridized carbons (Fsp3) is 0.423. The summed E-state index contributed by atoms with van der Waals surface area (Å²) in [4.78, 5) is 65.9. The lowest BCUT2D eigenvalue weighted by molar-refractivity contribution is -0.897. The van der Waals surface area contributed by atoms with Crippen LogP contribution in [0, 0.1) is 6.92 Å². The van der Waals surface area contributed by atoms with E-state index < -0.39 is 40.8 Å². The molecule has 14 nitrogen and oxygen atoms in total. The quantitative estimate of drug-likeness (QED) is 0.113. The van der Waals surface area contributed by atoms with Crippen LogP contribution < -0.4 is 11.1 Å². The van der Waals surface area contributed by atoms with E-state index in [0.29, 0.717) is 22.4 Å². The molecule has 0 spiro atoms. The van der Waals surface area contributed by atoms with Crippen molar-refractivity contribution in [3.05, 3.63) is 50.6 Å². The number of amides is 2. The number of fused-ring (bicyclic) bond motifs is 1. The van der Waals surface area contributed by atoms with Crippen LogP contribution in [0.4, 0.5) is 5.13 Å². The lowest BCUT2D eigenvalue weighted by atomic mass is 10.0. The summed E-state index contributed by atoms with van der Waals surface area (Å²) in [7, 11) is 4.14. The van der Waals surface area contributed by atoms with E-state index in [9.17, 15) is 29.4 Å². The van der Waals surface area contributed by atoms with Crippen molar-refractivity contribution in [2.75, 3.05) is 32.1 Å². The maximum atomic E-state index is 13.2. The van der Waals surface area contributed by atoms with Gasteiger partial charge in [0.15, 0.2) is 10.8 Å². The largest absolute Gasteiger partial charge is 0.478 e. The third kappa shape index (κ3) is 7.06. The molecule has 1 fully saturated rings. The number of likely N-dealkylation sites (N-methyl/N-ethyl adjacent to an activating group) is 1. The van der Waals surface area contributed by atoms with Crippen LogP contribution in [-0.4, -0.2) is 102 Å². The predicted octanol–water partition coefficient (Wildman–Crippen LogP) is 1.65. The smallest absolute Gasteiger partial charge is 0.352 e. The van der Waals surface area contributed by atoms with Crippen molar-refractivity contribution in [1.29, 1.82) is 0 Å². The number of thioether (sulfide) groups is 1. The Labute approximate surface area is 259 Å². The number of β-lactam (4-membered cyclic amide) rings is 1. The second-order valence-corrected chi connectivity index (χ2v) is 13.9. The van der Waals surface area contributed by atoms with Crippen LogP contribution in [0.25, 0.3) is 0 Å². The van der Waals surface area contributed by atoms with Gasteiger partial charge in [-0.15, -0.1) is 34.4 Å². The van der Waals surface area contributed by atoms with Crippen LogP contribution in [0.3, 0.4) is 0 Å². The molecule has 0 aromatic carbocycles. The van der Waals surface area contributed by atoms with Gasteiger partial charge in [0.05, 0.1) is 36.7 Å². The Morgan fingerprint density at radius 2 is 2.02 bits per heavy atom. The van der Waals surface area contributed by atoms with Gasteiger partial charge in [-0.3, -0.25) is 14.5 Å². The first-order valence-electron chi connectivity index (χ1n) is 12.9. The number of carboxylic acid groups (broad SMARTS) is 2. The van der Waals surface area contributed by atoms with Crippen LogP contribution in [-0.2, 0) is 30.6 Å². The molecule has 1 saturated heterocycles. The van der Waals surface area contributed by atoms with Gasteiger partial charge in [0.2, 0.25) is 5.60 Å². The summed E-state index contributed by atoms with van der Waals surface area (Å²) < 4.78 is 0.629. The highest BCUT2D eigenvalue weighted by Crippen LogP contribution is 2.40. The number of allylic oxidation sites excluding steroid dienone is 1. The Morgan fingerprint density at radius 3 is 2.60 bits per heavy atom. The monoisotopic (exact) mass is 650 g/mol. The summed E-state index contributed by atoms with van der Waals surface area (Å²) >= 11 is 3.95. The standard InChI is InChI=1S/C26H31N7O7S3/c1-13-16(43-12-28-13)9-33(4,5)8-6-7-14-10-41-22-18(21(35)32(22)19(14)23(36)37)30-20(34)17(15-11-42-25(27)29-15)31-40-26(2,3)24(38)39/h6-7,11-12,18,22H,8-10H2,1-5H3,(H4-,27,29,30,34,36,37,38,39)/p+1/b7-6+,31-17+/t18-,22-/m1/s1. The molecule has 0 unspecified atom stereocenters. The number of hydrogen-bond acceptors (Lipinski definition) is 12. The minimum absolute atomic E-state index is 0.0338. The molecule has 0 bridgehead atoms. The fourth-order valence-corrected chi connectivity index (χ4v) is 7.04. The number of thiazole rings is 2. The van der Waals surface area contributed by atoms with E-state index in [1.807, 2.05) is 18.5 Å². The molecule has 2 amide bonds. The second-order valence-electron chi connectivity index (χ2n) is 11.0. The number of nitrogens with two attached hydrogens (primary N) is 1. The number of nitrogens with zero attached hydrogens (tertiary/aromatic N) is 5. The number of anilines is 1. The summed E-state index contributed by atoms with van der Waals surface area (Å²) in [6.07, 6.45) is 3.64. The zero-order chi connectivity index (χ0) is 31.7. The lowest BCUT2D eigenvalue weighted by Gasteiger charge is -2.49. The third-order valence-corrected chi connectivity index (χ3v) is 9.58.